The molecule has 2 aromatic carbocycles. The van der Waals surface area contributed by atoms with Crippen LogP contribution in [0.3, 0.4) is 0 Å². The van der Waals surface area contributed by atoms with E-state index in [1.165, 1.54) is 31.4 Å². The number of hydrogen-bond acceptors (Lipinski definition) is 5. The largest absolute Gasteiger partial charge is 0.495 e. The van der Waals surface area contributed by atoms with Crippen molar-refractivity contribution >= 4 is 31.4 Å². The smallest absolute Gasteiger partial charge is 0.262 e. The van der Waals surface area contributed by atoms with E-state index in [0.717, 1.165) is 6.26 Å². The highest BCUT2D eigenvalue weighted by Gasteiger charge is 2.16. The maximum absolute atomic E-state index is 12.4. The zero-order chi connectivity index (χ0) is 17.1. The molecule has 0 aliphatic carbocycles. The van der Waals surface area contributed by atoms with Crippen LogP contribution in [0.4, 0.5) is 11.4 Å². The number of hydrogen-bond donors (Lipinski definition) is 2. The zero-order valence-corrected chi connectivity index (χ0v) is 14.1. The summed E-state index contributed by atoms with van der Waals surface area (Å²) in [5, 5.41) is 0. The van der Waals surface area contributed by atoms with E-state index >= 15 is 0 Å². The Morgan fingerprint density at radius 3 is 2.04 bits per heavy atom. The number of sulfonamides is 2. The first-order valence-electron chi connectivity index (χ1n) is 6.45. The second-order valence-corrected chi connectivity index (χ2v) is 8.14. The van der Waals surface area contributed by atoms with Crippen LogP contribution in [0, 0.1) is 0 Å². The minimum absolute atomic E-state index is 0.00228. The van der Waals surface area contributed by atoms with E-state index in [1.54, 1.807) is 24.3 Å². The topological polar surface area (TPSA) is 102 Å². The molecule has 0 spiro atoms. The molecule has 0 fully saturated rings. The Balaban J connectivity index is 2.26. The molecule has 0 aliphatic heterocycles. The summed E-state index contributed by atoms with van der Waals surface area (Å²) in [6.45, 7) is 0. The lowest BCUT2D eigenvalue weighted by Gasteiger charge is -2.12. The van der Waals surface area contributed by atoms with Gasteiger partial charge in [-0.25, -0.2) is 16.8 Å². The number of para-hydroxylation sites is 2. The Bertz CT molecular complexity index is 891. The summed E-state index contributed by atoms with van der Waals surface area (Å²) in [7, 11) is -5.79. The van der Waals surface area contributed by atoms with E-state index in [1.807, 2.05) is 0 Å². The molecule has 2 N–H and O–H groups in total. The van der Waals surface area contributed by atoms with Crippen molar-refractivity contribution in [2.75, 3.05) is 22.8 Å². The van der Waals surface area contributed by atoms with Crippen molar-refractivity contribution in [2.24, 2.45) is 0 Å². The monoisotopic (exact) mass is 356 g/mol. The molecule has 0 saturated heterocycles. The van der Waals surface area contributed by atoms with E-state index < -0.39 is 20.0 Å². The second-order valence-electron chi connectivity index (χ2n) is 4.70. The van der Waals surface area contributed by atoms with Crippen LogP contribution in [0.25, 0.3) is 0 Å². The molecule has 7 nitrogen and oxygen atoms in total. The molecule has 2 rings (SSSR count). The van der Waals surface area contributed by atoms with Gasteiger partial charge in [0.1, 0.15) is 5.75 Å². The van der Waals surface area contributed by atoms with E-state index in [4.69, 9.17) is 4.74 Å². The van der Waals surface area contributed by atoms with E-state index in [9.17, 15) is 16.8 Å². The minimum atomic E-state index is -3.81. The maximum atomic E-state index is 12.4. The molecule has 0 aliphatic rings. The van der Waals surface area contributed by atoms with Crippen molar-refractivity contribution in [3.05, 3.63) is 48.5 Å². The second kappa shape index (κ2) is 6.47. The Labute approximate surface area is 135 Å². The summed E-state index contributed by atoms with van der Waals surface area (Å²) >= 11 is 0. The molecule has 0 radical (unpaired) electrons. The van der Waals surface area contributed by atoms with Crippen LogP contribution in [0.2, 0.25) is 0 Å². The molecule has 0 bridgehead atoms. The summed E-state index contributed by atoms with van der Waals surface area (Å²) in [4.78, 5) is 0.00228. The normalized spacial score (nSPS) is 11.7. The van der Waals surface area contributed by atoms with Gasteiger partial charge in [-0.2, -0.15) is 0 Å². The lowest BCUT2D eigenvalue weighted by Crippen LogP contribution is -2.14. The third-order valence-corrected chi connectivity index (χ3v) is 4.81. The van der Waals surface area contributed by atoms with Gasteiger partial charge in [-0.05, 0) is 36.4 Å². The number of ether oxygens (including phenoxy) is 1. The highest BCUT2D eigenvalue weighted by molar-refractivity contribution is 7.92. The van der Waals surface area contributed by atoms with Crippen LogP contribution >= 0.6 is 0 Å². The molecule has 9 heteroatoms. The molecule has 0 unspecified atom stereocenters. The van der Waals surface area contributed by atoms with Crippen molar-refractivity contribution in [1.82, 2.24) is 0 Å². The van der Waals surface area contributed by atoms with Crippen LogP contribution in [0.5, 0.6) is 5.75 Å². The van der Waals surface area contributed by atoms with Gasteiger partial charge < -0.3 is 4.74 Å². The predicted molar refractivity (Wildman–Crippen MR) is 88.7 cm³/mol. The Kier molecular flexibility index (Phi) is 4.81. The van der Waals surface area contributed by atoms with Gasteiger partial charge in [0, 0.05) is 5.69 Å². The van der Waals surface area contributed by atoms with Gasteiger partial charge in [-0.3, -0.25) is 9.44 Å². The van der Waals surface area contributed by atoms with Crippen LogP contribution < -0.4 is 14.2 Å². The van der Waals surface area contributed by atoms with E-state index in [-0.39, 0.29) is 10.6 Å². The minimum Gasteiger partial charge on any atom is -0.495 e. The van der Waals surface area contributed by atoms with Crippen LogP contribution in [-0.4, -0.2) is 30.2 Å². The lowest BCUT2D eigenvalue weighted by atomic mass is 10.3. The third kappa shape index (κ3) is 4.60. The molecule has 0 heterocycles. The standard InChI is InChI=1S/C14H16N2O5S2/c1-21-14-6-4-3-5-13(14)16-23(19,20)12-9-7-11(8-10-12)15-22(2,17)18/h3-10,15-16H,1-2H3. The average Bonchev–Trinajstić information content (AvgIpc) is 2.46. The molecule has 2 aromatic rings. The van der Waals surface area contributed by atoms with Crippen LogP contribution in [0.1, 0.15) is 0 Å². The molecule has 0 aromatic heterocycles. The molecule has 124 valence electrons. The van der Waals surface area contributed by atoms with Gasteiger partial charge in [0.25, 0.3) is 10.0 Å². The summed E-state index contributed by atoms with van der Waals surface area (Å²) in [5.41, 5.74) is 0.595. The summed E-state index contributed by atoms with van der Waals surface area (Å²) in [5.74, 6) is 0.395. The highest BCUT2D eigenvalue weighted by Crippen LogP contribution is 2.26. The van der Waals surface area contributed by atoms with Crippen molar-refractivity contribution in [1.29, 1.82) is 0 Å². The van der Waals surface area contributed by atoms with Gasteiger partial charge in [0.05, 0.1) is 23.9 Å². The SMILES string of the molecule is COc1ccccc1NS(=O)(=O)c1ccc(NS(C)(=O)=O)cc1. The van der Waals surface area contributed by atoms with Gasteiger partial charge in [-0.15, -0.1) is 0 Å². The Hall–Kier alpha value is -2.26. The zero-order valence-electron chi connectivity index (χ0n) is 12.5. The molecule has 0 atom stereocenters. The van der Waals surface area contributed by atoms with Gasteiger partial charge in [0.2, 0.25) is 10.0 Å². The average molecular weight is 356 g/mol. The van der Waals surface area contributed by atoms with Crippen molar-refractivity contribution in [3.63, 3.8) is 0 Å². The van der Waals surface area contributed by atoms with Gasteiger partial charge in [-0.1, -0.05) is 12.1 Å². The predicted octanol–water partition coefficient (Wildman–Crippen LogP) is 1.87. The summed E-state index contributed by atoms with van der Waals surface area (Å²) in [6.07, 6.45) is 1.01. The summed E-state index contributed by atoms with van der Waals surface area (Å²) < 4.78 is 56.8. The van der Waals surface area contributed by atoms with E-state index in [0.29, 0.717) is 11.4 Å². The van der Waals surface area contributed by atoms with Gasteiger partial charge >= 0.3 is 0 Å². The van der Waals surface area contributed by atoms with Crippen LogP contribution in [-0.2, 0) is 20.0 Å². The fourth-order valence-electron chi connectivity index (χ4n) is 1.85. The molecular formula is C14H16N2O5S2. The highest BCUT2D eigenvalue weighted by atomic mass is 32.2. The first-order chi connectivity index (χ1) is 10.7. The number of methoxy groups -OCH3 is 1. The number of rotatable bonds is 6. The quantitative estimate of drug-likeness (QED) is 0.823. The first kappa shape index (κ1) is 17.1. The van der Waals surface area contributed by atoms with Crippen molar-refractivity contribution < 1.29 is 21.6 Å². The van der Waals surface area contributed by atoms with Crippen molar-refractivity contribution in [3.8, 4) is 5.75 Å². The lowest BCUT2D eigenvalue weighted by molar-refractivity contribution is 0.417. The first-order valence-corrected chi connectivity index (χ1v) is 9.82. The maximum Gasteiger partial charge on any atom is 0.262 e. The Morgan fingerprint density at radius 1 is 0.870 bits per heavy atom. The number of nitrogens with one attached hydrogen (secondary N) is 2. The molecule has 0 saturated carbocycles. The summed E-state index contributed by atoms with van der Waals surface area (Å²) in [6, 6.07) is 12.0. The molecule has 23 heavy (non-hydrogen) atoms. The fraction of sp³-hybridized carbons (Fsp3) is 0.143. The van der Waals surface area contributed by atoms with Crippen LogP contribution in [0.15, 0.2) is 53.4 Å². The Morgan fingerprint density at radius 2 is 1.48 bits per heavy atom. The molecule has 0 amide bonds. The number of benzene rings is 2. The van der Waals surface area contributed by atoms with Gasteiger partial charge in [0.15, 0.2) is 0 Å². The number of anilines is 2. The van der Waals surface area contributed by atoms with E-state index in [2.05, 4.69) is 9.44 Å². The third-order valence-electron chi connectivity index (χ3n) is 2.82. The fourth-order valence-corrected chi connectivity index (χ4v) is 3.48. The van der Waals surface area contributed by atoms with Crippen molar-refractivity contribution in [2.45, 2.75) is 4.90 Å². The molecular weight excluding hydrogens is 340 g/mol.